The minimum atomic E-state index is -4.83. The van der Waals surface area contributed by atoms with Gasteiger partial charge in [-0.15, -0.1) is 0 Å². The Hall–Kier alpha value is -4.79. The van der Waals surface area contributed by atoms with Crippen LogP contribution in [0.4, 0.5) is 24.9 Å². The number of alkyl halides is 3. The van der Waals surface area contributed by atoms with Crippen LogP contribution in [0.2, 0.25) is 0 Å². The minimum absolute atomic E-state index is 0.155. The van der Waals surface area contributed by atoms with Gasteiger partial charge in [-0.25, -0.2) is 14.6 Å². The lowest BCUT2D eigenvalue weighted by Gasteiger charge is -2.39. The smallest absolute Gasteiger partial charge is 0.429 e. The van der Waals surface area contributed by atoms with E-state index < -0.39 is 24.3 Å². The van der Waals surface area contributed by atoms with Crippen LogP contribution >= 0.6 is 0 Å². The molecular formula is C29H30F3N9O3. The molecule has 15 heteroatoms. The molecule has 0 bridgehead atoms. The molecule has 2 fully saturated rings. The van der Waals surface area contributed by atoms with Crippen molar-refractivity contribution in [3.8, 4) is 22.7 Å². The zero-order chi connectivity index (χ0) is 31.1. The van der Waals surface area contributed by atoms with E-state index in [1.54, 1.807) is 43.7 Å². The fraction of sp³-hybridized carbons (Fsp3) is 0.379. The van der Waals surface area contributed by atoms with E-state index in [1.165, 1.54) is 23.1 Å². The van der Waals surface area contributed by atoms with Gasteiger partial charge in [-0.3, -0.25) is 4.79 Å². The Labute approximate surface area is 250 Å². The summed E-state index contributed by atoms with van der Waals surface area (Å²) in [5.74, 6) is -1.09. The number of aliphatic carboxylic acids is 1. The van der Waals surface area contributed by atoms with Crippen LogP contribution in [0.5, 0.6) is 5.88 Å². The van der Waals surface area contributed by atoms with Crippen molar-refractivity contribution in [2.45, 2.75) is 44.5 Å². The largest absolute Gasteiger partial charge is 0.480 e. The summed E-state index contributed by atoms with van der Waals surface area (Å²) in [6.45, 7) is 3.39. The molecule has 2 aliphatic rings. The minimum Gasteiger partial charge on any atom is -0.480 e. The maximum absolute atomic E-state index is 14.7. The second-order valence-corrected chi connectivity index (χ2v) is 11.2. The zero-order valence-corrected chi connectivity index (χ0v) is 23.7. The predicted molar refractivity (Wildman–Crippen MR) is 153 cm³/mol. The third-order valence-corrected chi connectivity index (χ3v) is 8.23. The van der Waals surface area contributed by atoms with Crippen molar-refractivity contribution in [3.05, 3.63) is 66.5 Å². The number of carbonyl (C=O) groups is 1. The molecule has 1 aromatic carbocycles. The Bertz CT molecular complexity index is 1660. The van der Waals surface area contributed by atoms with Crippen molar-refractivity contribution in [1.82, 2.24) is 35.0 Å². The molecule has 12 nitrogen and oxygen atoms in total. The topological polar surface area (TPSA) is 157 Å². The van der Waals surface area contributed by atoms with Gasteiger partial charge >= 0.3 is 12.1 Å². The molecular weight excluding hydrogens is 579 g/mol. The van der Waals surface area contributed by atoms with Crippen LogP contribution in [-0.2, 0) is 4.79 Å². The van der Waals surface area contributed by atoms with E-state index >= 15 is 0 Å². The van der Waals surface area contributed by atoms with Crippen molar-refractivity contribution in [3.63, 3.8) is 0 Å². The first-order valence-corrected chi connectivity index (χ1v) is 14.0. The second kappa shape index (κ2) is 11.4. The van der Waals surface area contributed by atoms with Gasteiger partial charge in [-0.2, -0.15) is 28.2 Å². The molecule has 2 atom stereocenters. The van der Waals surface area contributed by atoms with E-state index in [9.17, 15) is 23.1 Å². The van der Waals surface area contributed by atoms with Gasteiger partial charge in [0.2, 0.25) is 17.9 Å². The van der Waals surface area contributed by atoms with Gasteiger partial charge in [-0.1, -0.05) is 12.1 Å². The molecule has 1 unspecified atom stereocenters. The number of nitrogen functional groups attached to an aromatic ring is 1. The van der Waals surface area contributed by atoms with E-state index in [-0.39, 0.29) is 28.5 Å². The lowest BCUT2D eigenvalue weighted by Crippen LogP contribution is -2.41. The maximum atomic E-state index is 14.7. The maximum Gasteiger partial charge on any atom is 0.429 e. The number of benzene rings is 1. The molecule has 2 saturated heterocycles. The van der Waals surface area contributed by atoms with Crippen molar-refractivity contribution in [2.24, 2.45) is 5.41 Å². The van der Waals surface area contributed by atoms with Gasteiger partial charge in [0.15, 0.2) is 0 Å². The third-order valence-electron chi connectivity index (χ3n) is 8.23. The average molecular weight is 610 g/mol. The van der Waals surface area contributed by atoms with E-state index in [0.717, 1.165) is 0 Å². The zero-order valence-electron chi connectivity index (χ0n) is 23.7. The quantitative estimate of drug-likeness (QED) is 0.281. The number of nitrogens with one attached hydrogen (secondary N) is 1. The van der Waals surface area contributed by atoms with Crippen molar-refractivity contribution in [1.29, 1.82) is 0 Å². The number of halogens is 3. The van der Waals surface area contributed by atoms with E-state index in [0.29, 0.717) is 61.5 Å². The van der Waals surface area contributed by atoms with Crippen LogP contribution in [-0.4, -0.2) is 72.6 Å². The van der Waals surface area contributed by atoms with Crippen LogP contribution in [0.1, 0.15) is 36.6 Å². The summed E-state index contributed by atoms with van der Waals surface area (Å²) in [6, 6.07) is 6.94. The lowest BCUT2D eigenvalue weighted by molar-refractivity contribution is -0.198. The number of carboxylic acids is 1. The molecule has 6 rings (SSSR count). The molecule has 2 aliphatic heterocycles. The Kier molecular flexibility index (Phi) is 7.57. The molecule has 5 heterocycles. The number of nitrogens with two attached hydrogens (primary N) is 1. The molecule has 44 heavy (non-hydrogen) atoms. The van der Waals surface area contributed by atoms with E-state index in [1.807, 2.05) is 4.90 Å². The first-order chi connectivity index (χ1) is 21.0. The molecule has 0 amide bonds. The summed E-state index contributed by atoms with van der Waals surface area (Å²) >= 11 is 0. The van der Waals surface area contributed by atoms with Gasteiger partial charge < -0.3 is 25.8 Å². The highest BCUT2D eigenvalue weighted by atomic mass is 19.4. The number of anilines is 2. The normalized spacial score (nSPS) is 18.8. The van der Waals surface area contributed by atoms with Gasteiger partial charge in [0.05, 0.1) is 11.4 Å². The fourth-order valence-corrected chi connectivity index (χ4v) is 5.90. The highest BCUT2D eigenvalue weighted by Gasteiger charge is 2.46. The number of aryl methyl sites for hydroxylation is 1. The van der Waals surface area contributed by atoms with Crippen LogP contribution in [0.15, 0.2) is 55.2 Å². The summed E-state index contributed by atoms with van der Waals surface area (Å²) in [6.07, 6.45) is 0.759. The number of nitrogens with zero attached hydrogens (tertiary/aromatic N) is 7. The second-order valence-electron chi connectivity index (χ2n) is 11.2. The monoisotopic (exact) mass is 609 g/mol. The third kappa shape index (κ3) is 6.00. The first-order valence-electron chi connectivity index (χ1n) is 14.0. The number of aromatic nitrogens is 6. The molecule has 230 valence electrons. The average Bonchev–Trinajstić information content (AvgIpc) is 3.62. The van der Waals surface area contributed by atoms with Crippen LogP contribution < -0.4 is 20.7 Å². The number of rotatable bonds is 7. The predicted octanol–water partition coefficient (Wildman–Crippen LogP) is 3.73. The van der Waals surface area contributed by atoms with Crippen molar-refractivity contribution in [2.75, 3.05) is 30.3 Å². The highest BCUT2D eigenvalue weighted by molar-refractivity contribution is 5.74. The molecule has 4 aromatic rings. The molecule has 0 radical (unpaired) electrons. The Morgan fingerprint density at radius 2 is 1.89 bits per heavy atom. The summed E-state index contributed by atoms with van der Waals surface area (Å²) in [5.41, 5.74) is 7.63. The first kappa shape index (κ1) is 29.3. The van der Waals surface area contributed by atoms with Crippen LogP contribution in [0, 0.1) is 12.3 Å². The van der Waals surface area contributed by atoms with Crippen molar-refractivity contribution >= 4 is 17.7 Å². The number of hydrogen-bond donors (Lipinski definition) is 3. The number of carboxylic acid groups (broad SMARTS) is 1. The molecule has 0 aliphatic carbocycles. The van der Waals surface area contributed by atoms with Gasteiger partial charge in [0.1, 0.15) is 18.2 Å². The Morgan fingerprint density at radius 1 is 1.14 bits per heavy atom. The highest BCUT2D eigenvalue weighted by Crippen LogP contribution is 2.42. The summed E-state index contributed by atoms with van der Waals surface area (Å²) in [4.78, 5) is 29.6. The lowest BCUT2D eigenvalue weighted by atomic mass is 9.76. The summed E-state index contributed by atoms with van der Waals surface area (Å²) in [5, 5.41) is 16.8. The van der Waals surface area contributed by atoms with Crippen LogP contribution in [0.3, 0.4) is 0 Å². The number of hydrogen-bond acceptors (Lipinski definition) is 10. The fourth-order valence-electron chi connectivity index (χ4n) is 5.90. The van der Waals surface area contributed by atoms with E-state index in [2.05, 4.69) is 30.4 Å². The summed E-state index contributed by atoms with van der Waals surface area (Å²) in [7, 11) is 0. The molecule has 3 aromatic heterocycles. The molecule has 4 N–H and O–H groups in total. The Morgan fingerprint density at radius 3 is 2.52 bits per heavy atom. The standard InChI is InChI=1S/C29H30F3N9O3/c1-17-4-7-41(39-17)22-10-18(19-13-34-16-35-14-19)2-3-20(22)25(29(30,31)32)44-24-11-23(37-27(33)38-24)40-8-5-28(6-9-40)12-21(26(42)43)36-15-28/h2-4,7,10-11,13-14,16,21,25,36H,5-6,8-9,12,15H2,1H3,(H,42,43)(H2,33,37,38)/t21-,25?/m0/s1. The van der Waals surface area contributed by atoms with E-state index in [4.69, 9.17) is 10.5 Å². The Balaban J connectivity index is 1.30. The molecule has 0 saturated carbocycles. The SMILES string of the molecule is Cc1ccn(-c2cc(-c3cncnc3)ccc2C(Oc2cc(N3CCC4(CC3)CN[C@H](C(=O)O)C4)nc(N)n2)C(F)(F)F)n1. The van der Waals surface area contributed by atoms with Crippen molar-refractivity contribution < 1.29 is 27.8 Å². The van der Waals surface area contributed by atoms with Gasteiger partial charge in [0.25, 0.3) is 0 Å². The van der Waals surface area contributed by atoms with Gasteiger partial charge in [-0.05, 0) is 49.3 Å². The molecule has 1 spiro atoms. The van der Waals surface area contributed by atoms with Crippen LogP contribution in [0.25, 0.3) is 16.8 Å². The summed E-state index contributed by atoms with van der Waals surface area (Å²) < 4.78 is 51.1. The number of piperidine rings is 1. The van der Waals surface area contributed by atoms with Gasteiger partial charge in [0, 0.05) is 55.4 Å². The number of ether oxygens (including phenoxy) is 1.